The van der Waals surface area contributed by atoms with Gasteiger partial charge in [-0.25, -0.2) is 9.82 Å². The van der Waals surface area contributed by atoms with E-state index >= 15 is 0 Å². The Labute approximate surface area is 158 Å². The zero-order chi connectivity index (χ0) is 18.8. The molecule has 4 atom stereocenters. The summed E-state index contributed by atoms with van der Waals surface area (Å²) in [6.45, 7) is 4.50. The molecule has 0 aromatic heterocycles. The third kappa shape index (κ3) is 4.00. The molecule has 27 heavy (non-hydrogen) atoms. The van der Waals surface area contributed by atoms with Crippen molar-refractivity contribution in [2.45, 2.75) is 24.6 Å². The number of aliphatic hydroxyl groups excluding tert-OH is 1. The standard InChI is InChI=1S/C19H27FN4O3/c20-14-3-1-2-13(10-14)18-15(11-21-22-18)19(26)24-5-4-16(17(25)12-24)23-6-8-27-9-7-23/h1-3,10,15-18,21-22,25H,4-9,11-12H2/t15?,16-,17-,18?/m1/s1. The van der Waals surface area contributed by atoms with Gasteiger partial charge in [0.05, 0.1) is 31.3 Å². The maximum absolute atomic E-state index is 13.6. The molecule has 3 saturated heterocycles. The number of hydrazine groups is 1. The van der Waals surface area contributed by atoms with E-state index in [1.54, 1.807) is 11.0 Å². The van der Waals surface area contributed by atoms with Crippen LogP contribution in [0.5, 0.6) is 0 Å². The smallest absolute Gasteiger partial charge is 0.229 e. The number of piperidine rings is 1. The van der Waals surface area contributed by atoms with Crippen LogP contribution < -0.4 is 10.9 Å². The molecule has 0 bridgehead atoms. The number of rotatable bonds is 3. The Morgan fingerprint density at radius 3 is 2.81 bits per heavy atom. The van der Waals surface area contributed by atoms with E-state index in [9.17, 15) is 14.3 Å². The van der Waals surface area contributed by atoms with Crippen LogP contribution in [-0.4, -0.2) is 78.9 Å². The molecule has 0 radical (unpaired) electrons. The second-order valence-corrected chi connectivity index (χ2v) is 7.52. The van der Waals surface area contributed by atoms with Crippen molar-refractivity contribution in [2.24, 2.45) is 5.92 Å². The van der Waals surface area contributed by atoms with Crippen LogP contribution in [0, 0.1) is 11.7 Å². The molecule has 7 nitrogen and oxygen atoms in total. The number of halogens is 1. The molecule has 3 fully saturated rings. The predicted octanol–water partition coefficient (Wildman–Crippen LogP) is -0.115. The highest BCUT2D eigenvalue weighted by Gasteiger charge is 2.40. The molecule has 0 spiro atoms. The number of hydrogen-bond acceptors (Lipinski definition) is 6. The van der Waals surface area contributed by atoms with E-state index in [4.69, 9.17) is 4.74 Å². The first-order valence-electron chi connectivity index (χ1n) is 9.66. The van der Waals surface area contributed by atoms with Gasteiger partial charge in [-0.05, 0) is 24.1 Å². The number of amides is 1. The Hall–Kier alpha value is -1.58. The van der Waals surface area contributed by atoms with Crippen LogP contribution in [-0.2, 0) is 9.53 Å². The SMILES string of the molecule is O=C(C1CNNC1c1cccc(F)c1)N1CC[C@@H](N2CCOCC2)[C@H](O)C1. The molecule has 3 N–H and O–H groups in total. The summed E-state index contributed by atoms with van der Waals surface area (Å²) in [4.78, 5) is 17.1. The van der Waals surface area contributed by atoms with Gasteiger partial charge in [-0.1, -0.05) is 12.1 Å². The summed E-state index contributed by atoms with van der Waals surface area (Å²) in [5.74, 6) is -0.630. The normalized spacial score (nSPS) is 32.6. The average Bonchev–Trinajstić information content (AvgIpc) is 3.18. The number of benzene rings is 1. The van der Waals surface area contributed by atoms with Gasteiger partial charge in [-0.3, -0.25) is 15.1 Å². The molecule has 1 aromatic carbocycles. The fraction of sp³-hybridized carbons (Fsp3) is 0.632. The number of aliphatic hydroxyl groups is 1. The molecular formula is C19H27FN4O3. The van der Waals surface area contributed by atoms with E-state index in [0.29, 0.717) is 32.8 Å². The number of carbonyl (C=O) groups is 1. The lowest BCUT2D eigenvalue weighted by Gasteiger charge is -2.43. The van der Waals surface area contributed by atoms with Crippen LogP contribution in [0.15, 0.2) is 24.3 Å². The predicted molar refractivity (Wildman–Crippen MR) is 97.2 cm³/mol. The topological polar surface area (TPSA) is 77.1 Å². The van der Waals surface area contributed by atoms with Gasteiger partial charge < -0.3 is 14.7 Å². The summed E-state index contributed by atoms with van der Waals surface area (Å²) < 4.78 is 19.0. The third-order valence-electron chi connectivity index (χ3n) is 5.88. The minimum Gasteiger partial charge on any atom is -0.390 e. The van der Waals surface area contributed by atoms with Crippen molar-refractivity contribution in [2.75, 3.05) is 45.9 Å². The number of likely N-dealkylation sites (tertiary alicyclic amines) is 1. The van der Waals surface area contributed by atoms with Crippen LogP contribution in [0.4, 0.5) is 4.39 Å². The maximum atomic E-state index is 13.6. The summed E-state index contributed by atoms with van der Waals surface area (Å²) in [5, 5.41) is 10.6. The van der Waals surface area contributed by atoms with Gasteiger partial charge >= 0.3 is 0 Å². The quantitative estimate of drug-likeness (QED) is 0.681. The zero-order valence-corrected chi connectivity index (χ0v) is 15.3. The summed E-state index contributed by atoms with van der Waals surface area (Å²) in [7, 11) is 0. The van der Waals surface area contributed by atoms with Crippen LogP contribution in [0.3, 0.4) is 0 Å². The molecule has 3 aliphatic rings. The number of carbonyl (C=O) groups excluding carboxylic acids is 1. The Bertz CT molecular complexity index is 670. The number of β-amino-alcohol motifs (C(OH)–C–C–N with tert-alkyl or cyclic N) is 1. The number of hydrogen-bond donors (Lipinski definition) is 3. The van der Waals surface area contributed by atoms with E-state index < -0.39 is 6.10 Å². The molecule has 3 aliphatic heterocycles. The first-order valence-corrected chi connectivity index (χ1v) is 9.66. The minimum absolute atomic E-state index is 0.00115. The Morgan fingerprint density at radius 2 is 2.07 bits per heavy atom. The average molecular weight is 378 g/mol. The van der Waals surface area contributed by atoms with E-state index in [1.165, 1.54) is 12.1 Å². The number of morpholine rings is 1. The van der Waals surface area contributed by atoms with Crippen molar-refractivity contribution in [3.63, 3.8) is 0 Å². The third-order valence-corrected chi connectivity index (χ3v) is 5.88. The van der Waals surface area contributed by atoms with Crippen LogP contribution >= 0.6 is 0 Å². The molecule has 3 heterocycles. The number of nitrogens with zero attached hydrogens (tertiary/aromatic N) is 2. The lowest BCUT2D eigenvalue weighted by atomic mass is 9.92. The van der Waals surface area contributed by atoms with Crippen LogP contribution in [0.2, 0.25) is 0 Å². The number of ether oxygens (including phenoxy) is 1. The molecule has 8 heteroatoms. The van der Waals surface area contributed by atoms with E-state index in [1.807, 2.05) is 6.07 Å². The summed E-state index contributed by atoms with van der Waals surface area (Å²) in [5.41, 5.74) is 6.87. The van der Waals surface area contributed by atoms with Gasteiger partial charge in [0, 0.05) is 38.8 Å². The Balaban J connectivity index is 1.40. The monoisotopic (exact) mass is 378 g/mol. The summed E-state index contributed by atoms with van der Waals surface area (Å²) >= 11 is 0. The fourth-order valence-corrected chi connectivity index (χ4v) is 4.43. The van der Waals surface area contributed by atoms with E-state index in [0.717, 1.165) is 25.1 Å². The molecular weight excluding hydrogens is 351 g/mol. The van der Waals surface area contributed by atoms with Crippen LogP contribution in [0.1, 0.15) is 18.0 Å². The van der Waals surface area contributed by atoms with Gasteiger partial charge in [-0.2, -0.15) is 0 Å². The Morgan fingerprint density at radius 1 is 1.26 bits per heavy atom. The van der Waals surface area contributed by atoms with E-state index in [2.05, 4.69) is 15.8 Å². The van der Waals surface area contributed by atoms with Crippen molar-refractivity contribution >= 4 is 5.91 Å². The molecule has 2 unspecified atom stereocenters. The van der Waals surface area contributed by atoms with Gasteiger partial charge in [-0.15, -0.1) is 0 Å². The lowest BCUT2D eigenvalue weighted by Crippen LogP contribution is -2.58. The zero-order valence-electron chi connectivity index (χ0n) is 15.3. The molecule has 0 saturated carbocycles. The number of nitrogens with one attached hydrogen (secondary N) is 2. The van der Waals surface area contributed by atoms with Gasteiger partial charge in [0.1, 0.15) is 5.82 Å². The summed E-state index contributed by atoms with van der Waals surface area (Å²) in [6.07, 6.45) is 0.196. The molecule has 148 valence electrons. The highest BCUT2D eigenvalue weighted by atomic mass is 19.1. The molecule has 1 amide bonds. The highest BCUT2D eigenvalue weighted by Crippen LogP contribution is 2.28. The molecule has 0 aliphatic carbocycles. The van der Waals surface area contributed by atoms with Gasteiger partial charge in [0.25, 0.3) is 0 Å². The van der Waals surface area contributed by atoms with Gasteiger partial charge in [0.15, 0.2) is 0 Å². The van der Waals surface area contributed by atoms with Crippen molar-refractivity contribution in [1.29, 1.82) is 0 Å². The lowest BCUT2D eigenvalue weighted by molar-refractivity contribution is -0.141. The van der Waals surface area contributed by atoms with Crippen molar-refractivity contribution in [3.05, 3.63) is 35.6 Å². The molecule has 1 aromatic rings. The van der Waals surface area contributed by atoms with Crippen molar-refractivity contribution in [1.82, 2.24) is 20.7 Å². The maximum Gasteiger partial charge on any atom is 0.229 e. The van der Waals surface area contributed by atoms with Crippen molar-refractivity contribution < 1.29 is 19.0 Å². The largest absolute Gasteiger partial charge is 0.390 e. The summed E-state index contributed by atoms with van der Waals surface area (Å²) in [6, 6.07) is 6.15. The van der Waals surface area contributed by atoms with Gasteiger partial charge in [0.2, 0.25) is 5.91 Å². The fourth-order valence-electron chi connectivity index (χ4n) is 4.43. The second-order valence-electron chi connectivity index (χ2n) is 7.52. The Kier molecular flexibility index (Phi) is 5.70. The van der Waals surface area contributed by atoms with E-state index in [-0.39, 0.29) is 29.7 Å². The molecule has 4 rings (SSSR count). The first kappa shape index (κ1) is 18.8. The second kappa shape index (κ2) is 8.20. The highest BCUT2D eigenvalue weighted by molar-refractivity contribution is 5.80. The van der Waals surface area contributed by atoms with Crippen molar-refractivity contribution in [3.8, 4) is 0 Å². The minimum atomic E-state index is -0.559. The first-order chi connectivity index (χ1) is 13.1. The van der Waals surface area contributed by atoms with Crippen LogP contribution in [0.25, 0.3) is 0 Å².